The van der Waals surface area contributed by atoms with Gasteiger partial charge in [-0.15, -0.1) is 0 Å². The first-order chi connectivity index (χ1) is 9.66. The van der Waals surface area contributed by atoms with Crippen LogP contribution in [-0.4, -0.2) is 37.0 Å². The Labute approximate surface area is 118 Å². The molecule has 2 unspecified atom stereocenters. The van der Waals surface area contributed by atoms with Crippen molar-refractivity contribution in [3.05, 3.63) is 24.2 Å². The lowest BCUT2D eigenvalue weighted by molar-refractivity contribution is -0.122. The first-order valence-electron chi connectivity index (χ1n) is 7.01. The van der Waals surface area contributed by atoms with E-state index in [4.69, 9.17) is 4.42 Å². The van der Waals surface area contributed by atoms with Crippen LogP contribution in [0.1, 0.15) is 36.7 Å². The molecule has 2 rings (SSSR count). The third kappa shape index (κ3) is 4.09. The van der Waals surface area contributed by atoms with Gasteiger partial charge in [0, 0.05) is 25.0 Å². The second-order valence-corrected chi connectivity index (χ2v) is 5.04. The summed E-state index contributed by atoms with van der Waals surface area (Å²) in [5.74, 6) is -0.0729. The standard InChI is InChI=1S/C14H21N3O3/c1-10-11(4-2-7-15-10)17-13(18)6-8-16-14(19)12-5-3-9-20-12/h3,5,9-11,15H,2,4,6-8H2,1H3,(H,16,19)(H,17,18). The summed E-state index contributed by atoms with van der Waals surface area (Å²) in [5, 5.41) is 8.99. The Morgan fingerprint density at radius 1 is 1.50 bits per heavy atom. The molecule has 0 aliphatic carbocycles. The number of carbonyl (C=O) groups excluding carboxylic acids is 2. The highest BCUT2D eigenvalue weighted by molar-refractivity contribution is 5.91. The van der Waals surface area contributed by atoms with E-state index in [2.05, 4.69) is 22.9 Å². The fourth-order valence-corrected chi connectivity index (χ4v) is 2.30. The third-order valence-electron chi connectivity index (χ3n) is 3.49. The van der Waals surface area contributed by atoms with Crippen molar-refractivity contribution in [3.63, 3.8) is 0 Å². The summed E-state index contributed by atoms with van der Waals surface area (Å²) in [7, 11) is 0. The van der Waals surface area contributed by atoms with Crippen LogP contribution in [0.3, 0.4) is 0 Å². The van der Waals surface area contributed by atoms with E-state index in [9.17, 15) is 9.59 Å². The van der Waals surface area contributed by atoms with Crippen molar-refractivity contribution in [3.8, 4) is 0 Å². The molecule has 1 saturated heterocycles. The van der Waals surface area contributed by atoms with Crippen LogP contribution in [0.4, 0.5) is 0 Å². The zero-order valence-corrected chi connectivity index (χ0v) is 11.6. The molecule has 6 heteroatoms. The number of rotatable bonds is 5. The van der Waals surface area contributed by atoms with E-state index in [0.717, 1.165) is 19.4 Å². The van der Waals surface area contributed by atoms with Gasteiger partial charge in [-0.3, -0.25) is 9.59 Å². The van der Waals surface area contributed by atoms with Crippen molar-refractivity contribution in [1.82, 2.24) is 16.0 Å². The summed E-state index contributed by atoms with van der Waals surface area (Å²) in [5.41, 5.74) is 0. The van der Waals surface area contributed by atoms with Crippen LogP contribution in [0.25, 0.3) is 0 Å². The Balaban J connectivity index is 1.66. The Kier molecular flexibility index (Phi) is 5.17. The van der Waals surface area contributed by atoms with Gasteiger partial charge in [0.25, 0.3) is 5.91 Å². The second kappa shape index (κ2) is 7.09. The largest absolute Gasteiger partial charge is 0.459 e. The minimum absolute atomic E-state index is 0.0368. The first kappa shape index (κ1) is 14.6. The average Bonchev–Trinajstić information content (AvgIpc) is 2.95. The highest BCUT2D eigenvalue weighted by Gasteiger charge is 2.22. The molecule has 2 heterocycles. The molecule has 1 fully saturated rings. The summed E-state index contributed by atoms with van der Waals surface area (Å²) >= 11 is 0. The van der Waals surface area contributed by atoms with Crippen LogP contribution >= 0.6 is 0 Å². The molecule has 6 nitrogen and oxygen atoms in total. The topological polar surface area (TPSA) is 83.4 Å². The van der Waals surface area contributed by atoms with Gasteiger partial charge in [0.1, 0.15) is 0 Å². The monoisotopic (exact) mass is 279 g/mol. The predicted molar refractivity (Wildman–Crippen MR) is 74.3 cm³/mol. The van der Waals surface area contributed by atoms with Gasteiger partial charge in [0.2, 0.25) is 5.91 Å². The smallest absolute Gasteiger partial charge is 0.286 e. The van der Waals surface area contributed by atoms with Gasteiger partial charge in [-0.2, -0.15) is 0 Å². The highest BCUT2D eigenvalue weighted by Crippen LogP contribution is 2.08. The Bertz CT molecular complexity index is 445. The molecule has 0 spiro atoms. The van der Waals surface area contributed by atoms with Gasteiger partial charge < -0.3 is 20.4 Å². The van der Waals surface area contributed by atoms with Crippen molar-refractivity contribution in [2.24, 2.45) is 0 Å². The fourth-order valence-electron chi connectivity index (χ4n) is 2.30. The molecule has 1 aromatic heterocycles. The highest BCUT2D eigenvalue weighted by atomic mass is 16.3. The molecule has 2 amide bonds. The molecule has 0 radical (unpaired) electrons. The zero-order valence-electron chi connectivity index (χ0n) is 11.6. The van der Waals surface area contributed by atoms with E-state index in [1.165, 1.54) is 6.26 Å². The number of carbonyl (C=O) groups is 2. The molecular formula is C14H21N3O3. The molecule has 0 aromatic carbocycles. The molecule has 1 aliphatic heterocycles. The van der Waals surface area contributed by atoms with Gasteiger partial charge in [0.05, 0.1) is 6.26 Å². The lowest BCUT2D eigenvalue weighted by atomic mass is 10.00. The van der Waals surface area contributed by atoms with Gasteiger partial charge in [-0.25, -0.2) is 0 Å². The van der Waals surface area contributed by atoms with Crippen LogP contribution in [-0.2, 0) is 4.79 Å². The first-order valence-corrected chi connectivity index (χ1v) is 7.01. The lowest BCUT2D eigenvalue weighted by Gasteiger charge is -2.30. The summed E-state index contributed by atoms with van der Waals surface area (Å²) in [4.78, 5) is 23.4. The summed E-state index contributed by atoms with van der Waals surface area (Å²) in [6, 6.07) is 3.71. The molecule has 20 heavy (non-hydrogen) atoms. The predicted octanol–water partition coefficient (Wildman–Crippen LogP) is 0.656. The number of nitrogens with one attached hydrogen (secondary N) is 3. The van der Waals surface area contributed by atoms with Crippen LogP contribution in [0, 0.1) is 0 Å². The molecule has 110 valence electrons. The quantitative estimate of drug-likeness (QED) is 0.739. The van der Waals surface area contributed by atoms with Crippen LogP contribution in [0.5, 0.6) is 0 Å². The van der Waals surface area contributed by atoms with Gasteiger partial charge in [-0.05, 0) is 38.4 Å². The Hall–Kier alpha value is -1.82. The fraction of sp³-hybridized carbons (Fsp3) is 0.571. The molecule has 0 bridgehead atoms. The van der Waals surface area contributed by atoms with Gasteiger partial charge >= 0.3 is 0 Å². The van der Waals surface area contributed by atoms with E-state index in [-0.39, 0.29) is 30.0 Å². The van der Waals surface area contributed by atoms with Crippen LogP contribution < -0.4 is 16.0 Å². The van der Waals surface area contributed by atoms with Crippen molar-refractivity contribution < 1.29 is 14.0 Å². The number of hydrogen-bond donors (Lipinski definition) is 3. The van der Waals surface area contributed by atoms with Crippen molar-refractivity contribution >= 4 is 11.8 Å². The number of amides is 2. The van der Waals surface area contributed by atoms with Crippen molar-refractivity contribution in [2.75, 3.05) is 13.1 Å². The molecular weight excluding hydrogens is 258 g/mol. The van der Waals surface area contributed by atoms with E-state index >= 15 is 0 Å². The number of hydrogen-bond acceptors (Lipinski definition) is 4. The van der Waals surface area contributed by atoms with Crippen molar-refractivity contribution in [2.45, 2.75) is 38.3 Å². The molecule has 0 saturated carbocycles. The Morgan fingerprint density at radius 3 is 3.05 bits per heavy atom. The number of piperidine rings is 1. The lowest BCUT2D eigenvalue weighted by Crippen LogP contribution is -2.52. The summed E-state index contributed by atoms with van der Waals surface area (Å²) in [6.45, 7) is 3.38. The second-order valence-electron chi connectivity index (χ2n) is 5.04. The maximum atomic E-state index is 11.8. The maximum absolute atomic E-state index is 11.8. The van der Waals surface area contributed by atoms with E-state index in [1.54, 1.807) is 12.1 Å². The Morgan fingerprint density at radius 2 is 2.35 bits per heavy atom. The molecule has 2 atom stereocenters. The molecule has 1 aliphatic rings. The number of furan rings is 1. The van der Waals surface area contributed by atoms with Crippen molar-refractivity contribution in [1.29, 1.82) is 0 Å². The van der Waals surface area contributed by atoms with E-state index in [0.29, 0.717) is 12.6 Å². The zero-order chi connectivity index (χ0) is 14.4. The summed E-state index contributed by atoms with van der Waals surface area (Å²) in [6.07, 6.45) is 3.79. The van der Waals surface area contributed by atoms with Crippen LogP contribution in [0.2, 0.25) is 0 Å². The van der Waals surface area contributed by atoms with Crippen LogP contribution in [0.15, 0.2) is 22.8 Å². The maximum Gasteiger partial charge on any atom is 0.286 e. The molecule has 3 N–H and O–H groups in total. The molecule has 1 aromatic rings. The minimum atomic E-state index is -0.296. The minimum Gasteiger partial charge on any atom is -0.459 e. The SMILES string of the molecule is CC1NCCCC1NC(=O)CCNC(=O)c1ccco1. The van der Waals surface area contributed by atoms with Gasteiger partial charge in [0.15, 0.2) is 5.76 Å². The third-order valence-corrected chi connectivity index (χ3v) is 3.49. The normalized spacial score (nSPS) is 22.2. The van der Waals surface area contributed by atoms with E-state index < -0.39 is 0 Å². The summed E-state index contributed by atoms with van der Waals surface area (Å²) < 4.78 is 4.97. The average molecular weight is 279 g/mol. The van der Waals surface area contributed by atoms with E-state index in [1.807, 2.05) is 0 Å². The van der Waals surface area contributed by atoms with Gasteiger partial charge in [-0.1, -0.05) is 0 Å².